The van der Waals surface area contributed by atoms with Gasteiger partial charge in [0.15, 0.2) is 0 Å². The lowest BCUT2D eigenvalue weighted by Gasteiger charge is -2.18. The summed E-state index contributed by atoms with van der Waals surface area (Å²) in [5.74, 6) is 0. The van der Waals surface area contributed by atoms with Crippen LogP contribution in [0.5, 0.6) is 0 Å². The predicted octanol–water partition coefficient (Wildman–Crippen LogP) is 3.28. The molecule has 0 aliphatic heterocycles. The van der Waals surface area contributed by atoms with E-state index in [0.29, 0.717) is 26.4 Å². The van der Waals surface area contributed by atoms with Gasteiger partial charge < -0.3 is 18.9 Å². The van der Waals surface area contributed by atoms with Crippen LogP contribution >= 0.6 is 0 Å². The van der Waals surface area contributed by atoms with Gasteiger partial charge in [-0.3, -0.25) is 4.90 Å². The van der Waals surface area contributed by atoms with Crippen LogP contribution in [0.2, 0.25) is 0 Å². The topological polar surface area (TPSA) is 64.0 Å². The van der Waals surface area contributed by atoms with E-state index in [1.165, 1.54) is 9.80 Å². The van der Waals surface area contributed by atoms with Gasteiger partial charge in [-0.1, -0.05) is 18.2 Å². The fourth-order valence-electron chi connectivity index (χ4n) is 2.64. The van der Waals surface area contributed by atoms with E-state index in [1.54, 1.807) is 27.9 Å². The maximum Gasteiger partial charge on any atom is 0.410 e. The van der Waals surface area contributed by atoms with Gasteiger partial charge in [0, 0.05) is 31.2 Å². The smallest absolute Gasteiger partial charge is 0.410 e. The van der Waals surface area contributed by atoms with Crippen molar-refractivity contribution in [2.24, 2.45) is 0 Å². The third-order valence-corrected chi connectivity index (χ3v) is 3.80. The molecule has 0 N–H and O–H groups in total. The summed E-state index contributed by atoms with van der Waals surface area (Å²) in [4.78, 5) is 26.7. The number of aromatic nitrogens is 1. The molecule has 25 heavy (non-hydrogen) atoms. The Kier molecular flexibility index (Phi) is 6.27. The van der Waals surface area contributed by atoms with Crippen molar-refractivity contribution in [2.45, 2.75) is 27.1 Å². The third kappa shape index (κ3) is 4.43. The number of hydrogen-bond donors (Lipinski definition) is 0. The molecule has 0 bridgehead atoms. The van der Waals surface area contributed by atoms with Crippen molar-refractivity contribution in [3.8, 4) is 0 Å². The van der Waals surface area contributed by atoms with Gasteiger partial charge in [0.05, 0.1) is 19.8 Å². The number of benzene rings is 1. The fraction of sp³-hybridized carbons (Fsp3) is 0.444. The maximum atomic E-state index is 11.9. The summed E-state index contributed by atoms with van der Waals surface area (Å²) in [7, 11) is 3.39. The number of ether oxygens (including phenoxy) is 2. The highest BCUT2D eigenvalue weighted by molar-refractivity contribution is 5.84. The average Bonchev–Trinajstić information content (AvgIpc) is 2.93. The molecule has 2 amide bonds. The Morgan fingerprint density at radius 3 is 2.24 bits per heavy atom. The normalized spacial score (nSPS) is 10.6. The summed E-state index contributed by atoms with van der Waals surface area (Å²) in [5.41, 5.74) is 1.98. The zero-order valence-electron chi connectivity index (χ0n) is 15.2. The fourth-order valence-corrected chi connectivity index (χ4v) is 2.64. The molecule has 1 aromatic carbocycles. The van der Waals surface area contributed by atoms with Gasteiger partial charge >= 0.3 is 12.2 Å². The zero-order chi connectivity index (χ0) is 18.4. The van der Waals surface area contributed by atoms with Crippen molar-refractivity contribution in [1.82, 2.24) is 14.4 Å². The van der Waals surface area contributed by atoms with E-state index in [2.05, 4.69) is 0 Å². The number of rotatable bonds is 6. The van der Waals surface area contributed by atoms with Crippen LogP contribution in [-0.4, -0.2) is 53.9 Å². The van der Waals surface area contributed by atoms with Gasteiger partial charge in [-0.25, -0.2) is 9.59 Å². The van der Waals surface area contributed by atoms with Gasteiger partial charge in [0.25, 0.3) is 0 Å². The molecule has 0 saturated carbocycles. The van der Waals surface area contributed by atoms with Crippen LogP contribution in [0.1, 0.15) is 19.4 Å². The summed E-state index contributed by atoms with van der Waals surface area (Å²) >= 11 is 0. The first-order chi connectivity index (χ1) is 12.0. The first-order valence-electron chi connectivity index (χ1n) is 8.30. The molecular formula is C18H25N3O4. The van der Waals surface area contributed by atoms with Gasteiger partial charge in [-0.2, -0.15) is 0 Å². The van der Waals surface area contributed by atoms with Crippen molar-refractivity contribution in [3.63, 3.8) is 0 Å². The van der Waals surface area contributed by atoms with Crippen molar-refractivity contribution in [1.29, 1.82) is 0 Å². The Balaban J connectivity index is 2.25. The molecule has 0 saturated heterocycles. The van der Waals surface area contributed by atoms with Gasteiger partial charge in [-0.15, -0.1) is 0 Å². The summed E-state index contributed by atoms with van der Waals surface area (Å²) in [6, 6.07) is 7.89. The third-order valence-electron chi connectivity index (χ3n) is 3.80. The first-order valence-corrected chi connectivity index (χ1v) is 8.30. The highest BCUT2D eigenvalue weighted by Gasteiger charge is 2.16. The molecule has 7 nitrogen and oxygen atoms in total. The van der Waals surface area contributed by atoms with Crippen LogP contribution < -0.4 is 0 Å². The monoisotopic (exact) mass is 347 g/mol. The molecule has 136 valence electrons. The number of hydrogen-bond acceptors (Lipinski definition) is 4. The summed E-state index contributed by atoms with van der Waals surface area (Å²) in [6.07, 6.45) is 1.23. The molecule has 0 aliphatic carbocycles. The Hall–Kier alpha value is -2.70. The minimum atomic E-state index is -0.370. The van der Waals surface area contributed by atoms with E-state index < -0.39 is 0 Å². The van der Waals surface area contributed by atoms with Gasteiger partial charge in [0.1, 0.15) is 6.67 Å². The first kappa shape index (κ1) is 18.6. The molecule has 0 unspecified atom stereocenters. The lowest BCUT2D eigenvalue weighted by molar-refractivity contribution is 0.107. The Morgan fingerprint density at radius 2 is 1.60 bits per heavy atom. The summed E-state index contributed by atoms with van der Waals surface area (Å²) < 4.78 is 12.0. The number of nitrogens with zero attached hydrogens (tertiary/aromatic N) is 3. The zero-order valence-corrected chi connectivity index (χ0v) is 15.2. The van der Waals surface area contributed by atoms with Crippen LogP contribution in [-0.2, 0) is 22.7 Å². The van der Waals surface area contributed by atoms with E-state index in [1.807, 2.05) is 35.0 Å². The van der Waals surface area contributed by atoms with Crippen LogP contribution in [0.4, 0.5) is 9.59 Å². The van der Waals surface area contributed by atoms with E-state index in [9.17, 15) is 9.59 Å². The predicted molar refractivity (Wildman–Crippen MR) is 95.2 cm³/mol. The van der Waals surface area contributed by atoms with Crippen LogP contribution in [0.25, 0.3) is 10.9 Å². The summed E-state index contributed by atoms with van der Waals surface area (Å²) in [5, 5.41) is 1.04. The molecule has 1 heterocycles. The molecule has 0 atom stereocenters. The molecule has 0 radical (unpaired) electrons. The maximum absolute atomic E-state index is 11.9. The molecule has 2 rings (SSSR count). The standard InChI is InChI=1S/C18H25N3O4/c1-5-24-17(22)19(3)11-14-12-21(13-20(4)18(23)25-6-2)16-10-8-7-9-15(14)16/h7-10,12H,5-6,11,13H2,1-4H3. The van der Waals surface area contributed by atoms with Crippen LogP contribution in [0, 0.1) is 0 Å². The lowest BCUT2D eigenvalue weighted by Crippen LogP contribution is -2.29. The summed E-state index contributed by atoms with van der Waals surface area (Å²) in [6.45, 7) is 5.03. The molecule has 2 aromatic rings. The molecule has 7 heteroatoms. The second kappa shape index (κ2) is 8.41. The van der Waals surface area contributed by atoms with Crippen molar-refractivity contribution < 1.29 is 19.1 Å². The molecular weight excluding hydrogens is 322 g/mol. The largest absolute Gasteiger partial charge is 0.450 e. The van der Waals surface area contributed by atoms with Crippen molar-refractivity contribution in [2.75, 3.05) is 27.3 Å². The van der Waals surface area contributed by atoms with E-state index >= 15 is 0 Å². The molecule has 0 fully saturated rings. The molecule has 0 aliphatic rings. The molecule has 0 spiro atoms. The van der Waals surface area contributed by atoms with Crippen molar-refractivity contribution >= 4 is 23.1 Å². The van der Waals surface area contributed by atoms with E-state index in [-0.39, 0.29) is 12.2 Å². The minimum Gasteiger partial charge on any atom is -0.450 e. The number of fused-ring (bicyclic) bond motifs is 1. The van der Waals surface area contributed by atoms with E-state index in [4.69, 9.17) is 9.47 Å². The van der Waals surface area contributed by atoms with Crippen LogP contribution in [0.3, 0.4) is 0 Å². The number of para-hydroxylation sites is 1. The quantitative estimate of drug-likeness (QED) is 0.804. The Bertz CT molecular complexity index is 681. The average molecular weight is 347 g/mol. The number of carbonyl (C=O) groups excluding carboxylic acids is 2. The highest BCUT2D eigenvalue weighted by atomic mass is 16.6. The number of amides is 2. The second-order valence-electron chi connectivity index (χ2n) is 5.73. The SMILES string of the molecule is CCOC(=O)N(C)Cc1cn(CN(C)C(=O)OCC)c2ccccc12. The Labute approximate surface area is 147 Å². The Morgan fingerprint density at radius 1 is 1.00 bits per heavy atom. The van der Waals surface area contributed by atoms with Crippen molar-refractivity contribution in [3.05, 3.63) is 36.0 Å². The van der Waals surface area contributed by atoms with Gasteiger partial charge in [-0.05, 0) is 25.5 Å². The number of carbonyl (C=O) groups is 2. The molecule has 1 aromatic heterocycles. The van der Waals surface area contributed by atoms with Gasteiger partial charge in [0.2, 0.25) is 0 Å². The second-order valence-corrected chi connectivity index (χ2v) is 5.73. The minimum absolute atomic E-state index is 0.338. The highest BCUT2D eigenvalue weighted by Crippen LogP contribution is 2.23. The van der Waals surface area contributed by atoms with Crippen LogP contribution in [0.15, 0.2) is 30.5 Å². The lowest BCUT2D eigenvalue weighted by atomic mass is 10.2. The van der Waals surface area contributed by atoms with E-state index in [0.717, 1.165) is 16.5 Å².